The van der Waals surface area contributed by atoms with Crippen molar-refractivity contribution in [2.75, 3.05) is 31.1 Å². The lowest BCUT2D eigenvalue weighted by molar-refractivity contribution is 0.474. The van der Waals surface area contributed by atoms with E-state index in [0.29, 0.717) is 6.42 Å². The maximum absolute atomic E-state index is 9.47. The summed E-state index contributed by atoms with van der Waals surface area (Å²) in [6.07, 6.45) is 1.75. The zero-order valence-corrected chi connectivity index (χ0v) is 11.3. The molecule has 20 heavy (non-hydrogen) atoms. The summed E-state index contributed by atoms with van der Waals surface area (Å²) in [7, 11) is 0. The normalized spacial score (nSPS) is 16.1. The summed E-state index contributed by atoms with van der Waals surface area (Å²) >= 11 is 0. The molecule has 1 aliphatic heterocycles. The molecule has 1 fully saturated rings. The maximum Gasteiger partial charge on any atom is 0.244 e. The van der Waals surface area contributed by atoms with Crippen molar-refractivity contribution in [2.45, 2.75) is 12.8 Å². The van der Waals surface area contributed by atoms with Gasteiger partial charge in [-0.3, -0.25) is 5.10 Å². The van der Waals surface area contributed by atoms with Gasteiger partial charge in [0.2, 0.25) is 5.95 Å². The number of nitrogens with zero attached hydrogens (tertiary/aromatic N) is 3. The Morgan fingerprint density at radius 3 is 3.10 bits per heavy atom. The SMILES string of the molecule is Oc1cccc(Cc2nc(N3CCCNCC3)n[nH]2)c1. The van der Waals surface area contributed by atoms with E-state index >= 15 is 0 Å². The number of hydrogen-bond acceptors (Lipinski definition) is 5. The number of rotatable bonds is 3. The van der Waals surface area contributed by atoms with Crippen LogP contribution in [-0.2, 0) is 6.42 Å². The molecule has 0 saturated carbocycles. The third-order valence-electron chi connectivity index (χ3n) is 3.42. The minimum atomic E-state index is 0.279. The van der Waals surface area contributed by atoms with Crippen LogP contribution in [0.15, 0.2) is 24.3 Å². The Balaban J connectivity index is 1.70. The number of anilines is 1. The van der Waals surface area contributed by atoms with Crippen LogP contribution >= 0.6 is 0 Å². The Morgan fingerprint density at radius 1 is 1.25 bits per heavy atom. The molecule has 0 atom stereocenters. The van der Waals surface area contributed by atoms with Gasteiger partial charge in [-0.05, 0) is 30.7 Å². The Labute approximate surface area is 117 Å². The van der Waals surface area contributed by atoms with E-state index in [-0.39, 0.29) is 5.75 Å². The Kier molecular flexibility index (Phi) is 3.83. The van der Waals surface area contributed by atoms with Crippen molar-refractivity contribution < 1.29 is 5.11 Å². The van der Waals surface area contributed by atoms with Gasteiger partial charge in [0.15, 0.2) is 0 Å². The van der Waals surface area contributed by atoms with Crippen LogP contribution < -0.4 is 10.2 Å². The largest absolute Gasteiger partial charge is 0.508 e. The van der Waals surface area contributed by atoms with E-state index in [1.165, 1.54) is 0 Å². The average Bonchev–Trinajstić information content (AvgIpc) is 2.73. The minimum absolute atomic E-state index is 0.279. The topological polar surface area (TPSA) is 77.1 Å². The van der Waals surface area contributed by atoms with Gasteiger partial charge in [0.05, 0.1) is 0 Å². The first-order valence-electron chi connectivity index (χ1n) is 6.96. The predicted molar refractivity (Wildman–Crippen MR) is 77.0 cm³/mol. The van der Waals surface area contributed by atoms with E-state index in [4.69, 9.17) is 0 Å². The van der Waals surface area contributed by atoms with Crippen LogP contribution in [-0.4, -0.2) is 46.5 Å². The monoisotopic (exact) mass is 273 g/mol. The quantitative estimate of drug-likeness (QED) is 0.774. The molecule has 3 rings (SSSR count). The van der Waals surface area contributed by atoms with Crippen LogP contribution in [0.2, 0.25) is 0 Å². The van der Waals surface area contributed by atoms with Crippen molar-refractivity contribution in [3.8, 4) is 5.75 Å². The zero-order valence-electron chi connectivity index (χ0n) is 11.3. The summed E-state index contributed by atoms with van der Waals surface area (Å²) < 4.78 is 0. The molecule has 3 N–H and O–H groups in total. The lowest BCUT2D eigenvalue weighted by Crippen LogP contribution is -2.28. The van der Waals surface area contributed by atoms with Gasteiger partial charge < -0.3 is 15.3 Å². The summed E-state index contributed by atoms with van der Waals surface area (Å²) in [6.45, 7) is 3.94. The van der Waals surface area contributed by atoms with Gasteiger partial charge in [-0.25, -0.2) is 0 Å². The molecule has 0 bridgehead atoms. The number of aromatic amines is 1. The van der Waals surface area contributed by atoms with Gasteiger partial charge >= 0.3 is 0 Å². The third kappa shape index (κ3) is 3.08. The number of phenolic OH excluding ortho intramolecular Hbond substituents is 1. The molecule has 0 spiro atoms. The molecule has 0 unspecified atom stereocenters. The van der Waals surface area contributed by atoms with Crippen molar-refractivity contribution in [1.82, 2.24) is 20.5 Å². The molecule has 1 aromatic heterocycles. The van der Waals surface area contributed by atoms with Gasteiger partial charge in [0.25, 0.3) is 0 Å². The van der Waals surface area contributed by atoms with Crippen molar-refractivity contribution in [2.24, 2.45) is 0 Å². The number of aromatic hydroxyl groups is 1. The second kappa shape index (κ2) is 5.92. The number of phenols is 1. The average molecular weight is 273 g/mol. The molecule has 2 heterocycles. The van der Waals surface area contributed by atoms with E-state index in [1.54, 1.807) is 12.1 Å². The fourth-order valence-corrected chi connectivity index (χ4v) is 2.41. The molecular weight excluding hydrogens is 254 g/mol. The first kappa shape index (κ1) is 12.9. The maximum atomic E-state index is 9.47. The summed E-state index contributed by atoms with van der Waals surface area (Å²) in [5.74, 6) is 1.87. The van der Waals surface area contributed by atoms with Crippen molar-refractivity contribution in [3.63, 3.8) is 0 Å². The Morgan fingerprint density at radius 2 is 2.20 bits per heavy atom. The fraction of sp³-hybridized carbons (Fsp3) is 0.429. The van der Waals surface area contributed by atoms with Gasteiger partial charge in [-0.15, -0.1) is 5.10 Å². The first-order chi connectivity index (χ1) is 9.81. The van der Waals surface area contributed by atoms with Crippen molar-refractivity contribution in [3.05, 3.63) is 35.7 Å². The molecule has 2 aromatic rings. The highest BCUT2D eigenvalue weighted by atomic mass is 16.3. The summed E-state index contributed by atoms with van der Waals surface area (Å²) in [4.78, 5) is 6.75. The zero-order chi connectivity index (χ0) is 13.8. The lowest BCUT2D eigenvalue weighted by atomic mass is 10.1. The van der Waals surface area contributed by atoms with E-state index in [0.717, 1.165) is 49.9 Å². The number of benzene rings is 1. The number of hydrogen-bond donors (Lipinski definition) is 3. The number of aromatic nitrogens is 3. The van der Waals surface area contributed by atoms with Crippen molar-refractivity contribution in [1.29, 1.82) is 0 Å². The van der Waals surface area contributed by atoms with E-state index in [2.05, 4.69) is 25.4 Å². The van der Waals surface area contributed by atoms with Gasteiger partial charge in [0.1, 0.15) is 11.6 Å². The fourth-order valence-electron chi connectivity index (χ4n) is 2.41. The second-order valence-corrected chi connectivity index (χ2v) is 5.02. The molecule has 0 radical (unpaired) electrons. The van der Waals surface area contributed by atoms with E-state index in [9.17, 15) is 5.11 Å². The second-order valence-electron chi connectivity index (χ2n) is 5.02. The standard InChI is InChI=1S/C14H19N5O/c20-12-4-1-3-11(9-12)10-13-16-14(18-17-13)19-7-2-5-15-6-8-19/h1,3-4,9,15,20H,2,5-8,10H2,(H,16,17,18). The molecule has 1 aromatic carbocycles. The van der Waals surface area contributed by atoms with Crippen LogP contribution in [0.5, 0.6) is 5.75 Å². The highest BCUT2D eigenvalue weighted by molar-refractivity contribution is 5.32. The minimum Gasteiger partial charge on any atom is -0.508 e. The highest BCUT2D eigenvalue weighted by Gasteiger charge is 2.14. The highest BCUT2D eigenvalue weighted by Crippen LogP contribution is 2.15. The molecule has 1 aliphatic rings. The van der Waals surface area contributed by atoms with Crippen LogP contribution in [0.25, 0.3) is 0 Å². The predicted octanol–water partition coefficient (Wildman–Crippen LogP) is 0.901. The van der Waals surface area contributed by atoms with Gasteiger partial charge in [0, 0.05) is 26.1 Å². The summed E-state index contributed by atoms with van der Waals surface area (Å²) in [5, 5.41) is 20.1. The third-order valence-corrected chi connectivity index (χ3v) is 3.42. The van der Waals surface area contributed by atoms with Gasteiger partial charge in [-0.1, -0.05) is 12.1 Å². The van der Waals surface area contributed by atoms with Crippen molar-refractivity contribution >= 4 is 5.95 Å². The van der Waals surface area contributed by atoms with Crippen LogP contribution in [0, 0.1) is 0 Å². The van der Waals surface area contributed by atoms with Crippen LogP contribution in [0.1, 0.15) is 17.8 Å². The molecule has 6 nitrogen and oxygen atoms in total. The molecule has 106 valence electrons. The molecular formula is C14H19N5O. The lowest BCUT2D eigenvalue weighted by Gasteiger charge is -2.16. The molecule has 0 aliphatic carbocycles. The van der Waals surface area contributed by atoms with Gasteiger partial charge in [-0.2, -0.15) is 4.98 Å². The smallest absolute Gasteiger partial charge is 0.244 e. The molecule has 6 heteroatoms. The Bertz CT molecular complexity index is 560. The molecule has 0 amide bonds. The number of nitrogens with one attached hydrogen (secondary N) is 2. The first-order valence-corrected chi connectivity index (χ1v) is 6.96. The van der Waals surface area contributed by atoms with Crippen LogP contribution in [0.3, 0.4) is 0 Å². The van der Waals surface area contributed by atoms with E-state index < -0.39 is 0 Å². The summed E-state index contributed by atoms with van der Waals surface area (Å²) in [5.41, 5.74) is 1.02. The van der Waals surface area contributed by atoms with Crippen LogP contribution in [0.4, 0.5) is 5.95 Å². The van der Waals surface area contributed by atoms with E-state index in [1.807, 2.05) is 12.1 Å². The summed E-state index contributed by atoms with van der Waals surface area (Å²) in [6, 6.07) is 7.22. The number of H-pyrrole nitrogens is 1. The Hall–Kier alpha value is -2.08. The molecule has 1 saturated heterocycles.